The van der Waals surface area contributed by atoms with Crippen molar-refractivity contribution in [2.45, 2.75) is 129 Å². The third-order valence-corrected chi connectivity index (χ3v) is 11.2. The van der Waals surface area contributed by atoms with Crippen LogP contribution in [-0.2, 0) is 28.7 Å². The van der Waals surface area contributed by atoms with Crippen LogP contribution < -0.4 is 0 Å². The summed E-state index contributed by atoms with van der Waals surface area (Å²) in [7, 11) is 0. The van der Waals surface area contributed by atoms with Crippen molar-refractivity contribution in [1.29, 1.82) is 0 Å². The van der Waals surface area contributed by atoms with Gasteiger partial charge in [0.1, 0.15) is 11.7 Å². The molecule has 8 heteroatoms. The lowest BCUT2D eigenvalue weighted by Gasteiger charge is -2.63. The number of ether oxygens (including phenoxy) is 2. The second kappa shape index (κ2) is 12.3. The van der Waals surface area contributed by atoms with E-state index in [-0.39, 0.29) is 31.0 Å². The summed E-state index contributed by atoms with van der Waals surface area (Å²) in [5, 5.41) is 12.3. The normalized spacial score (nSPS) is 38.6. The molecule has 0 bridgehead atoms. The summed E-state index contributed by atoms with van der Waals surface area (Å²) in [6.45, 7) is 8.91. The summed E-state index contributed by atoms with van der Waals surface area (Å²) >= 11 is 0. The zero-order valence-electron chi connectivity index (χ0n) is 26.0. The monoisotopic (exact) mass is 588 g/mol. The van der Waals surface area contributed by atoms with E-state index in [0.717, 1.165) is 25.7 Å². The van der Waals surface area contributed by atoms with Gasteiger partial charge in [0.15, 0.2) is 18.1 Å². The molecule has 4 aliphatic carbocycles. The molecule has 0 saturated heterocycles. The van der Waals surface area contributed by atoms with Gasteiger partial charge in [-0.2, -0.15) is 0 Å². The minimum atomic E-state index is -2.03. The maximum atomic E-state index is 18.2. The average Bonchev–Trinajstić information content (AvgIpc) is 3.14. The Morgan fingerprint density at radius 3 is 2.31 bits per heavy atom. The maximum absolute atomic E-state index is 18.2. The van der Waals surface area contributed by atoms with E-state index in [0.29, 0.717) is 37.7 Å². The van der Waals surface area contributed by atoms with Crippen molar-refractivity contribution >= 4 is 23.5 Å². The molecule has 4 aliphatic rings. The number of hydrogen-bond donors (Lipinski definition) is 1. The average molecular weight is 589 g/mol. The number of fused-ring (bicyclic) bond motifs is 5. The van der Waals surface area contributed by atoms with Crippen LogP contribution in [-0.4, -0.2) is 52.6 Å². The number of aliphatic hydroxyl groups is 1. The first-order valence-electron chi connectivity index (χ1n) is 16.0. The van der Waals surface area contributed by atoms with Gasteiger partial charge in [0.2, 0.25) is 5.78 Å². The number of unbranched alkanes of at least 4 members (excludes halogenated alkanes) is 4. The van der Waals surface area contributed by atoms with E-state index in [1.54, 1.807) is 19.9 Å². The SMILES string of the molecule is CCCCCC(=O)OCC(=O)[C@@]1(O)[C@H](C)C[C@@H]2[C@H]3CCC4=CC(=O)C=C[C@]4(C)[C@@]3(F)[C@H](OC(=O)CCCCC)C[C@@]21C. The van der Waals surface area contributed by atoms with Gasteiger partial charge in [-0.15, -0.1) is 0 Å². The molecule has 8 atom stereocenters. The fourth-order valence-electron chi connectivity index (χ4n) is 8.82. The second-order valence-electron chi connectivity index (χ2n) is 13.6. The van der Waals surface area contributed by atoms with Crippen LogP contribution in [0.5, 0.6) is 0 Å². The first-order valence-corrected chi connectivity index (χ1v) is 16.0. The molecule has 3 saturated carbocycles. The van der Waals surface area contributed by atoms with Crippen LogP contribution in [0.4, 0.5) is 4.39 Å². The molecule has 0 radical (unpaired) electrons. The Hall–Kier alpha value is -2.35. The first kappa shape index (κ1) is 32.6. The van der Waals surface area contributed by atoms with E-state index < -0.39 is 64.4 Å². The summed E-state index contributed by atoms with van der Waals surface area (Å²) in [5.41, 5.74) is -5.50. The fraction of sp³-hybridized carbons (Fsp3) is 0.765. The van der Waals surface area contributed by atoms with E-state index in [1.807, 2.05) is 20.8 Å². The molecule has 0 heterocycles. The molecule has 1 N–H and O–H groups in total. The highest BCUT2D eigenvalue weighted by Crippen LogP contribution is 2.71. The maximum Gasteiger partial charge on any atom is 0.306 e. The van der Waals surface area contributed by atoms with Crippen molar-refractivity contribution in [3.63, 3.8) is 0 Å². The number of rotatable bonds is 12. The van der Waals surface area contributed by atoms with Crippen LogP contribution in [0.15, 0.2) is 23.8 Å². The summed E-state index contributed by atoms with van der Waals surface area (Å²) in [4.78, 5) is 51.4. The zero-order chi connectivity index (χ0) is 30.9. The zero-order valence-corrected chi connectivity index (χ0v) is 26.0. The molecular weight excluding hydrogens is 539 g/mol. The van der Waals surface area contributed by atoms with Crippen LogP contribution in [0.1, 0.15) is 112 Å². The minimum absolute atomic E-state index is 0.0497. The number of halogens is 1. The van der Waals surface area contributed by atoms with Crippen LogP contribution in [0, 0.1) is 28.6 Å². The number of hydrogen-bond acceptors (Lipinski definition) is 7. The van der Waals surface area contributed by atoms with Gasteiger partial charge in [-0.05, 0) is 69.4 Å². The van der Waals surface area contributed by atoms with Gasteiger partial charge in [-0.3, -0.25) is 19.2 Å². The highest BCUT2D eigenvalue weighted by atomic mass is 19.1. The molecule has 0 spiro atoms. The number of alkyl halides is 1. The summed E-state index contributed by atoms with van der Waals surface area (Å²) in [6.07, 6.45) is 9.86. The van der Waals surface area contributed by atoms with Crippen molar-refractivity contribution < 1.29 is 38.1 Å². The van der Waals surface area contributed by atoms with E-state index in [1.165, 1.54) is 12.2 Å². The van der Waals surface area contributed by atoms with Crippen LogP contribution in [0.2, 0.25) is 0 Å². The number of ketones is 2. The van der Waals surface area contributed by atoms with E-state index in [9.17, 15) is 24.3 Å². The van der Waals surface area contributed by atoms with Gasteiger partial charge in [-0.25, -0.2) is 4.39 Å². The first-order chi connectivity index (χ1) is 19.8. The van der Waals surface area contributed by atoms with Crippen LogP contribution >= 0.6 is 0 Å². The standard InChI is InChI=1S/C34H49FO7/c1-6-8-10-12-29(38)41-21-27(37)34(40)22(3)18-26-25-15-14-23-19-24(36)16-17-31(23,4)33(25,35)28(20-32(26,34)5)42-30(39)13-11-9-7-2/h16-17,19,22,25-26,28,40H,6-15,18,20-21H2,1-5H3/t22-,25-,26-,28-,31+,32+,33+,34+/m1/s1. The lowest BCUT2D eigenvalue weighted by molar-refractivity contribution is -0.230. The molecule has 234 valence electrons. The molecule has 4 rings (SSSR count). The molecule has 7 nitrogen and oxygen atoms in total. The molecule has 0 aromatic rings. The Morgan fingerprint density at radius 1 is 1.02 bits per heavy atom. The molecule has 0 amide bonds. The Bertz CT molecular complexity index is 1140. The van der Waals surface area contributed by atoms with Crippen molar-refractivity contribution in [2.24, 2.45) is 28.6 Å². The summed E-state index contributed by atoms with van der Waals surface area (Å²) < 4.78 is 29.5. The van der Waals surface area contributed by atoms with E-state index >= 15 is 4.39 Å². The van der Waals surface area contributed by atoms with E-state index in [2.05, 4.69) is 0 Å². The quantitative estimate of drug-likeness (QED) is 0.215. The Kier molecular flexibility index (Phi) is 9.56. The summed E-state index contributed by atoms with van der Waals surface area (Å²) in [5.74, 6) is -3.27. The molecular formula is C34H49FO7. The molecule has 3 fully saturated rings. The number of allylic oxidation sites excluding steroid dienone is 4. The number of Topliss-reactive ketones (excluding diaryl/α,β-unsaturated/α-hetero) is 1. The summed E-state index contributed by atoms with van der Waals surface area (Å²) in [6, 6.07) is 0. The predicted octanol–water partition coefficient (Wildman–Crippen LogP) is 6.16. The Labute approximate surface area is 249 Å². The van der Waals surface area contributed by atoms with Gasteiger partial charge in [0, 0.05) is 29.6 Å². The van der Waals surface area contributed by atoms with Gasteiger partial charge in [-0.1, -0.05) is 65.0 Å². The van der Waals surface area contributed by atoms with Gasteiger partial charge in [0.25, 0.3) is 0 Å². The highest BCUT2D eigenvalue weighted by Gasteiger charge is 2.76. The van der Waals surface area contributed by atoms with Crippen molar-refractivity contribution in [3.05, 3.63) is 23.8 Å². The third-order valence-electron chi connectivity index (χ3n) is 11.2. The Morgan fingerprint density at radius 2 is 1.67 bits per heavy atom. The van der Waals surface area contributed by atoms with E-state index in [4.69, 9.17) is 9.47 Å². The van der Waals surface area contributed by atoms with Crippen molar-refractivity contribution in [1.82, 2.24) is 0 Å². The highest BCUT2D eigenvalue weighted by molar-refractivity contribution is 6.01. The lowest BCUT2D eigenvalue weighted by Crippen LogP contribution is -2.70. The van der Waals surface area contributed by atoms with Gasteiger partial charge < -0.3 is 14.6 Å². The second-order valence-corrected chi connectivity index (χ2v) is 13.6. The molecule has 0 aromatic heterocycles. The van der Waals surface area contributed by atoms with Crippen molar-refractivity contribution in [2.75, 3.05) is 6.61 Å². The topological polar surface area (TPSA) is 107 Å². The number of esters is 2. The molecule has 42 heavy (non-hydrogen) atoms. The number of carbonyl (C=O) groups is 4. The van der Waals surface area contributed by atoms with Crippen LogP contribution in [0.25, 0.3) is 0 Å². The largest absolute Gasteiger partial charge is 0.459 e. The smallest absolute Gasteiger partial charge is 0.306 e. The Balaban J connectivity index is 1.68. The van der Waals surface area contributed by atoms with Gasteiger partial charge >= 0.3 is 11.9 Å². The predicted molar refractivity (Wildman–Crippen MR) is 156 cm³/mol. The van der Waals surface area contributed by atoms with Crippen molar-refractivity contribution in [3.8, 4) is 0 Å². The minimum Gasteiger partial charge on any atom is -0.459 e. The van der Waals surface area contributed by atoms with Crippen LogP contribution in [0.3, 0.4) is 0 Å². The fourth-order valence-corrected chi connectivity index (χ4v) is 8.82. The molecule has 0 unspecified atom stereocenters. The molecule has 0 aromatic carbocycles. The van der Waals surface area contributed by atoms with Gasteiger partial charge in [0.05, 0.1) is 0 Å². The lowest BCUT2D eigenvalue weighted by atomic mass is 9.44. The number of carbonyl (C=O) groups excluding carboxylic acids is 4. The third kappa shape index (κ3) is 5.20. The molecule has 0 aliphatic heterocycles.